The zero-order valence-corrected chi connectivity index (χ0v) is 15.0. The van der Waals surface area contributed by atoms with E-state index in [0.717, 1.165) is 10.2 Å². The van der Waals surface area contributed by atoms with E-state index in [2.05, 4.69) is 10.4 Å². The van der Waals surface area contributed by atoms with E-state index in [9.17, 15) is 18.8 Å². The molecule has 1 aliphatic rings. The molecule has 27 heavy (non-hydrogen) atoms. The number of aryl methyl sites for hydroxylation is 1. The molecule has 0 saturated carbocycles. The second kappa shape index (κ2) is 8.11. The summed E-state index contributed by atoms with van der Waals surface area (Å²) in [7, 11) is 0. The maximum atomic E-state index is 12.9. The van der Waals surface area contributed by atoms with Crippen LogP contribution in [0.3, 0.4) is 0 Å². The molecule has 0 aliphatic carbocycles. The number of nitrogens with zero attached hydrogens (tertiary/aromatic N) is 3. The summed E-state index contributed by atoms with van der Waals surface area (Å²) in [6.07, 6.45) is 0.614. The first-order chi connectivity index (χ1) is 12.9. The van der Waals surface area contributed by atoms with Gasteiger partial charge in [0.1, 0.15) is 12.4 Å². The molecule has 1 N–H and O–H groups in total. The van der Waals surface area contributed by atoms with E-state index in [1.165, 1.54) is 18.2 Å². The molecule has 1 aromatic carbocycles. The van der Waals surface area contributed by atoms with Gasteiger partial charge in [-0.2, -0.15) is 5.10 Å². The fraction of sp³-hybridized carbons (Fsp3) is 0.368. The first kappa shape index (κ1) is 18.8. The molecular weight excluding hydrogens is 351 g/mol. The molecule has 0 bridgehead atoms. The monoisotopic (exact) mass is 372 g/mol. The van der Waals surface area contributed by atoms with Crippen LogP contribution in [0.5, 0.6) is 0 Å². The summed E-state index contributed by atoms with van der Waals surface area (Å²) in [4.78, 5) is 37.6. The predicted octanol–water partition coefficient (Wildman–Crippen LogP) is 0.508. The van der Waals surface area contributed by atoms with Gasteiger partial charge in [0.05, 0.1) is 11.6 Å². The van der Waals surface area contributed by atoms with Gasteiger partial charge in [0.25, 0.3) is 5.56 Å². The maximum absolute atomic E-state index is 12.9. The van der Waals surface area contributed by atoms with Crippen molar-refractivity contribution in [1.82, 2.24) is 20.0 Å². The number of carbonyl (C=O) groups is 2. The van der Waals surface area contributed by atoms with Crippen LogP contribution in [-0.4, -0.2) is 46.1 Å². The third-order valence-electron chi connectivity index (χ3n) is 4.52. The van der Waals surface area contributed by atoms with Gasteiger partial charge < -0.3 is 10.2 Å². The summed E-state index contributed by atoms with van der Waals surface area (Å²) < 4.78 is 14.0. The summed E-state index contributed by atoms with van der Waals surface area (Å²) in [6, 6.07) is 9.13. The Bertz CT molecular complexity index is 889. The minimum absolute atomic E-state index is 0.105. The average molecular weight is 372 g/mol. The van der Waals surface area contributed by atoms with Gasteiger partial charge in [0.2, 0.25) is 11.8 Å². The molecule has 1 aliphatic heterocycles. The Morgan fingerprint density at radius 1 is 1.19 bits per heavy atom. The van der Waals surface area contributed by atoms with Crippen LogP contribution in [0.2, 0.25) is 0 Å². The lowest BCUT2D eigenvalue weighted by Crippen LogP contribution is -2.56. The number of amides is 2. The SMILES string of the molecule is Cc1ccc(=O)n(CC(=O)N2CC(C(=O)NCCc3ccc(F)cc3)C2)n1. The van der Waals surface area contributed by atoms with Crippen molar-refractivity contribution < 1.29 is 14.0 Å². The third kappa shape index (κ3) is 4.78. The Hall–Kier alpha value is -3.03. The quantitative estimate of drug-likeness (QED) is 0.801. The maximum Gasteiger partial charge on any atom is 0.267 e. The molecule has 1 saturated heterocycles. The van der Waals surface area contributed by atoms with Crippen molar-refractivity contribution in [3.05, 3.63) is 63.8 Å². The van der Waals surface area contributed by atoms with Crippen molar-refractivity contribution in [2.75, 3.05) is 19.6 Å². The lowest BCUT2D eigenvalue weighted by molar-refractivity contribution is -0.143. The van der Waals surface area contributed by atoms with E-state index in [4.69, 9.17) is 0 Å². The van der Waals surface area contributed by atoms with Gasteiger partial charge in [-0.25, -0.2) is 9.07 Å². The smallest absolute Gasteiger partial charge is 0.267 e. The molecule has 1 aromatic heterocycles. The second-order valence-electron chi connectivity index (χ2n) is 6.63. The van der Waals surface area contributed by atoms with Crippen LogP contribution in [0.25, 0.3) is 0 Å². The zero-order valence-electron chi connectivity index (χ0n) is 15.0. The lowest BCUT2D eigenvalue weighted by atomic mass is 9.99. The topological polar surface area (TPSA) is 84.3 Å². The predicted molar refractivity (Wildman–Crippen MR) is 96.4 cm³/mol. The lowest BCUT2D eigenvalue weighted by Gasteiger charge is -2.38. The summed E-state index contributed by atoms with van der Waals surface area (Å²) >= 11 is 0. The highest BCUT2D eigenvalue weighted by Crippen LogP contribution is 2.16. The number of likely N-dealkylation sites (tertiary alicyclic amines) is 1. The van der Waals surface area contributed by atoms with Gasteiger partial charge in [-0.1, -0.05) is 12.1 Å². The molecule has 7 nitrogen and oxygen atoms in total. The normalized spacial score (nSPS) is 13.9. The molecule has 1 fully saturated rings. The molecule has 0 spiro atoms. The van der Waals surface area contributed by atoms with E-state index in [1.807, 2.05) is 0 Å². The van der Waals surface area contributed by atoms with Crippen molar-refractivity contribution >= 4 is 11.8 Å². The van der Waals surface area contributed by atoms with E-state index in [0.29, 0.717) is 31.7 Å². The summed E-state index contributed by atoms with van der Waals surface area (Å²) in [5.74, 6) is -0.868. The molecular formula is C19H21FN4O3. The summed E-state index contributed by atoms with van der Waals surface area (Å²) in [6.45, 7) is 2.75. The number of hydrogen-bond acceptors (Lipinski definition) is 4. The Balaban J connectivity index is 1.41. The number of hydrogen-bond donors (Lipinski definition) is 1. The molecule has 0 radical (unpaired) electrons. The van der Waals surface area contributed by atoms with Crippen molar-refractivity contribution in [3.8, 4) is 0 Å². The first-order valence-electron chi connectivity index (χ1n) is 8.77. The molecule has 8 heteroatoms. The van der Waals surface area contributed by atoms with Crippen LogP contribution in [0, 0.1) is 18.7 Å². The minimum atomic E-state index is -0.329. The van der Waals surface area contributed by atoms with Gasteiger partial charge in [0, 0.05) is 25.7 Å². The van der Waals surface area contributed by atoms with Gasteiger partial charge in [-0.3, -0.25) is 14.4 Å². The van der Waals surface area contributed by atoms with Gasteiger partial charge in [-0.15, -0.1) is 0 Å². The van der Waals surface area contributed by atoms with Gasteiger partial charge >= 0.3 is 0 Å². The number of nitrogens with one attached hydrogen (secondary N) is 1. The zero-order chi connectivity index (χ0) is 19.4. The van der Waals surface area contributed by atoms with E-state index >= 15 is 0 Å². The Labute approximate surface area is 155 Å². The molecule has 2 heterocycles. The van der Waals surface area contributed by atoms with Crippen LogP contribution in [0.15, 0.2) is 41.2 Å². The first-order valence-corrected chi connectivity index (χ1v) is 8.77. The number of aromatic nitrogens is 2. The second-order valence-corrected chi connectivity index (χ2v) is 6.63. The number of carbonyl (C=O) groups excluding carboxylic acids is 2. The molecule has 2 amide bonds. The Kier molecular flexibility index (Phi) is 5.63. The standard InChI is InChI=1S/C19H21FN4O3/c1-13-2-7-17(25)24(22-13)12-18(26)23-10-15(11-23)19(27)21-9-8-14-3-5-16(20)6-4-14/h2-7,15H,8-12H2,1H3,(H,21,27). The number of halogens is 1. The Morgan fingerprint density at radius 2 is 1.89 bits per heavy atom. The van der Waals surface area contributed by atoms with Crippen LogP contribution >= 0.6 is 0 Å². The van der Waals surface area contributed by atoms with Gasteiger partial charge in [-0.05, 0) is 37.1 Å². The van der Waals surface area contributed by atoms with E-state index < -0.39 is 0 Å². The number of benzene rings is 1. The highest BCUT2D eigenvalue weighted by Gasteiger charge is 2.35. The molecule has 2 aromatic rings. The fourth-order valence-corrected chi connectivity index (χ4v) is 2.87. The third-order valence-corrected chi connectivity index (χ3v) is 4.52. The van der Waals surface area contributed by atoms with Crippen LogP contribution in [0.4, 0.5) is 4.39 Å². The van der Waals surface area contributed by atoms with Crippen molar-refractivity contribution in [3.63, 3.8) is 0 Å². The number of rotatable bonds is 6. The fourth-order valence-electron chi connectivity index (χ4n) is 2.87. The highest BCUT2D eigenvalue weighted by molar-refractivity contribution is 5.84. The molecule has 3 rings (SSSR count). The average Bonchev–Trinajstić information content (AvgIpc) is 2.58. The van der Waals surface area contributed by atoms with Crippen LogP contribution < -0.4 is 10.9 Å². The van der Waals surface area contributed by atoms with Crippen molar-refractivity contribution in [2.45, 2.75) is 19.9 Å². The van der Waals surface area contributed by atoms with Gasteiger partial charge in [0.15, 0.2) is 0 Å². The highest BCUT2D eigenvalue weighted by atomic mass is 19.1. The van der Waals surface area contributed by atoms with Crippen LogP contribution in [0.1, 0.15) is 11.3 Å². The molecule has 0 atom stereocenters. The van der Waals surface area contributed by atoms with Crippen LogP contribution in [-0.2, 0) is 22.6 Å². The summed E-state index contributed by atoms with van der Waals surface area (Å²) in [5, 5.41) is 6.87. The van der Waals surface area contributed by atoms with E-state index in [-0.39, 0.29) is 35.7 Å². The van der Waals surface area contributed by atoms with Crippen molar-refractivity contribution in [1.29, 1.82) is 0 Å². The van der Waals surface area contributed by atoms with E-state index in [1.54, 1.807) is 30.0 Å². The van der Waals surface area contributed by atoms with Crippen molar-refractivity contribution in [2.24, 2.45) is 5.92 Å². The summed E-state index contributed by atoms with van der Waals surface area (Å²) in [5.41, 5.74) is 1.27. The minimum Gasteiger partial charge on any atom is -0.355 e. The molecule has 142 valence electrons. The Morgan fingerprint density at radius 3 is 2.59 bits per heavy atom. The largest absolute Gasteiger partial charge is 0.355 e. The molecule has 0 unspecified atom stereocenters.